The highest BCUT2D eigenvalue weighted by Crippen LogP contribution is 2.36. The van der Waals surface area contributed by atoms with Gasteiger partial charge in [0, 0.05) is 23.9 Å². The third-order valence-electron chi connectivity index (χ3n) is 4.91. The molecule has 5 rings (SSSR count). The van der Waals surface area contributed by atoms with Crippen molar-refractivity contribution in [1.29, 1.82) is 0 Å². The lowest BCUT2D eigenvalue weighted by atomic mass is 10.0. The Kier molecular flexibility index (Phi) is 4.42. The van der Waals surface area contributed by atoms with E-state index in [1.807, 2.05) is 30.3 Å². The number of benzene rings is 1. The van der Waals surface area contributed by atoms with Crippen LogP contribution >= 0.6 is 0 Å². The molecular weight excluding hydrogens is 366 g/mol. The lowest BCUT2D eigenvalue weighted by molar-refractivity contribution is 0.414. The van der Waals surface area contributed by atoms with Gasteiger partial charge in [-0.2, -0.15) is 0 Å². The zero-order valence-electron chi connectivity index (χ0n) is 15.9. The summed E-state index contributed by atoms with van der Waals surface area (Å²) < 4.78 is 10.9. The minimum Gasteiger partial charge on any atom is -0.497 e. The highest BCUT2D eigenvalue weighted by atomic mass is 16.5. The molecule has 0 atom stereocenters. The molecule has 144 valence electrons. The summed E-state index contributed by atoms with van der Waals surface area (Å²) in [5, 5.41) is 2.06. The van der Waals surface area contributed by atoms with Gasteiger partial charge in [-0.05, 0) is 42.0 Å². The normalized spacial score (nSPS) is 12.8. The number of methoxy groups -OCH3 is 1. The summed E-state index contributed by atoms with van der Waals surface area (Å²) in [7, 11) is 1.67. The van der Waals surface area contributed by atoms with Crippen LogP contribution in [0.15, 0.2) is 71.7 Å². The van der Waals surface area contributed by atoms with Crippen LogP contribution in [-0.2, 0) is 13.1 Å². The van der Waals surface area contributed by atoms with Gasteiger partial charge in [0.1, 0.15) is 23.6 Å². The Balaban J connectivity index is 1.54. The molecule has 0 spiro atoms. The van der Waals surface area contributed by atoms with Crippen molar-refractivity contribution in [1.82, 2.24) is 20.4 Å². The quantitative estimate of drug-likeness (QED) is 0.559. The number of hydrogen-bond donors (Lipinski definition) is 1. The molecule has 1 aromatic carbocycles. The number of anilines is 1. The molecule has 3 aromatic heterocycles. The van der Waals surface area contributed by atoms with Crippen LogP contribution in [-0.4, -0.2) is 22.1 Å². The molecule has 1 aliphatic rings. The van der Waals surface area contributed by atoms with Gasteiger partial charge in [-0.25, -0.2) is 20.4 Å². The van der Waals surface area contributed by atoms with E-state index in [4.69, 9.17) is 14.1 Å². The summed E-state index contributed by atoms with van der Waals surface area (Å²) in [6.07, 6.45) is 4.93. The number of furan rings is 1. The van der Waals surface area contributed by atoms with E-state index in [1.165, 1.54) is 0 Å². The molecule has 0 bridgehead atoms. The number of rotatable bonds is 5. The molecule has 0 saturated carbocycles. The van der Waals surface area contributed by atoms with Crippen molar-refractivity contribution in [2.24, 2.45) is 0 Å². The van der Waals surface area contributed by atoms with Gasteiger partial charge in [-0.1, -0.05) is 12.1 Å². The summed E-state index contributed by atoms with van der Waals surface area (Å²) in [5.74, 6) is 2.44. The van der Waals surface area contributed by atoms with E-state index in [0.717, 1.165) is 39.6 Å². The van der Waals surface area contributed by atoms with Crippen molar-refractivity contribution in [2.75, 3.05) is 12.1 Å². The van der Waals surface area contributed by atoms with Gasteiger partial charge in [0.25, 0.3) is 0 Å². The first-order chi connectivity index (χ1) is 14.3. The molecule has 7 heteroatoms. The molecule has 0 saturated heterocycles. The largest absolute Gasteiger partial charge is 0.497 e. The molecule has 4 aromatic rings. The van der Waals surface area contributed by atoms with Gasteiger partial charge in [-0.3, -0.25) is 5.01 Å². The summed E-state index contributed by atoms with van der Waals surface area (Å²) in [6.45, 7) is 1.39. The number of nitrogens with one attached hydrogen (secondary N) is 1. The van der Waals surface area contributed by atoms with Gasteiger partial charge < -0.3 is 9.15 Å². The second-order valence-electron chi connectivity index (χ2n) is 6.71. The maximum atomic E-state index is 5.66. The maximum Gasteiger partial charge on any atom is 0.153 e. The van der Waals surface area contributed by atoms with Crippen LogP contribution in [0.4, 0.5) is 5.82 Å². The Morgan fingerprint density at radius 3 is 2.79 bits per heavy atom. The molecule has 1 N–H and O–H groups in total. The highest BCUT2D eigenvalue weighted by Gasteiger charge is 2.25. The summed E-state index contributed by atoms with van der Waals surface area (Å²) in [4.78, 5) is 13.4. The van der Waals surface area contributed by atoms with E-state index >= 15 is 0 Å². The van der Waals surface area contributed by atoms with Crippen LogP contribution in [0.25, 0.3) is 22.7 Å². The zero-order valence-corrected chi connectivity index (χ0v) is 15.9. The van der Waals surface area contributed by atoms with E-state index in [-0.39, 0.29) is 0 Å². The lowest BCUT2D eigenvalue weighted by Gasteiger charge is -2.19. The van der Waals surface area contributed by atoms with Crippen molar-refractivity contribution >= 4 is 5.82 Å². The molecular formula is C22H19N5O2. The molecule has 0 unspecified atom stereocenters. The molecule has 4 heterocycles. The van der Waals surface area contributed by atoms with Gasteiger partial charge >= 0.3 is 0 Å². The number of nitrogens with zero attached hydrogens (tertiary/aromatic N) is 4. The maximum absolute atomic E-state index is 5.66. The SMILES string of the molecule is COc1ccc(CN2NCc3cc(-c4ccncn4)c(-c4ccco4)nc32)cc1. The van der Waals surface area contributed by atoms with Crippen molar-refractivity contribution in [2.45, 2.75) is 13.1 Å². The Labute approximate surface area is 168 Å². The van der Waals surface area contributed by atoms with Crippen LogP contribution in [0.2, 0.25) is 0 Å². The van der Waals surface area contributed by atoms with E-state index in [0.29, 0.717) is 18.8 Å². The van der Waals surface area contributed by atoms with E-state index in [9.17, 15) is 0 Å². The predicted molar refractivity (Wildman–Crippen MR) is 109 cm³/mol. The fraction of sp³-hybridized carbons (Fsp3) is 0.136. The van der Waals surface area contributed by atoms with E-state index in [1.54, 1.807) is 25.9 Å². The van der Waals surface area contributed by atoms with Crippen molar-refractivity contribution in [3.05, 3.63) is 78.4 Å². The lowest BCUT2D eigenvalue weighted by Crippen LogP contribution is -2.31. The monoisotopic (exact) mass is 385 g/mol. The first-order valence-corrected chi connectivity index (χ1v) is 9.30. The standard InChI is InChI=1S/C22H19N5O2/c1-28-17-6-4-15(5-7-17)13-27-22-16(12-25-27)11-18(19-8-9-23-14-24-19)21(26-22)20-3-2-10-29-20/h2-11,14,25H,12-13H2,1H3. The highest BCUT2D eigenvalue weighted by molar-refractivity contribution is 5.79. The van der Waals surface area contributed by atoms with Gasteiger partial charge in [0.15, 0.2) is 5.76 Å². The minimum absolute atomic E-state index is 0.689. The smallest absolute Gasteiger partial charge is 0.153 e. The van der Waals surface area contributed by atoms with Gasteiger partial charge in [0.05, 0.1) is 25.6 Å². The Morgan fingerprint density at radius 2 is 2.07 bits per heavy atom. The molecule has 0 aliphatic carbocycles. The fourth-order valence-corrected chi connectivity index (χ4v) is 3.46. The number of pyridine rings is 1. The van der Waals surface area contributed by atoms with Crippen molar-refractivity contribution in [3.63, 3.8) is 0 Å². The number of aromatic nitrogens is 3. The molecule has 0 fully saturated rings. The van der Waals surface area contributed by atoms with Crippen LogP contribution in [0, 0.1) is 0 Å². The minimum atomic E-state index is 0.689. The fourth-order valence-electron chi connectivity index (χ4n) is 3.46. The molecule has 1 aliphatic heterocycles. The van der Waals surface area contributed by atoms with E-state index in [2.05, 4.69) is 38.6 Å². The van der Waals surface area contributed by atoms with Crippen LogP contribution in [0.5, 0.6) is 5.75 Å². The third-order valence-corrected chi connectivity index (χ3v) is 4.91. The first-order valence-electron chi connectivity index (χ1n) is 9.30. The topological polar surface area (TPSA) is 76.3 Å². The molecule has 0 radical (unpaired) electrons. The molecule has 7 nitrogen and oxygen atoms in total. The molecule has 0 amide bonds. The van der Waals surface area contributed by atoms with E-state index < -0.39 is 0 Å². The van der Waals surface area contributed by atoms with Crippen LogP contribution < -0.4 is 15.2 Å². The average Bonchev–Trinajstić information content (AvgIpc) is 3.44. The van der Waals surface area contributed by atoms with Gasteiger partial charge in [0.2, 0.25) is 0 Å². The number of hydrazine groups is 1. The Hall–Kier alpha value is -3.71. The van der Waals surface area contributed by atoms with Crippen molar-refractivity contribution in [3.8, 4) is 28.5 Å². The van der Waals surface area contributed by atoms with Gasteiger partial charge in [-0.15, -0.1) is 0 Å². The van der Waals surface area contributed by atoms with Crippen LogP contribution in [0.3, 0.4) is 0 Å². The molecule has 29 heavy (non-hydrogen) atoms. The number of fused-ring (bicyclic) bond motifs is 1. The Morgan fingerprint density at radius 1 is 1.17 bits per heavy atom. The predicted octanol–water partition coefficient (Wildman–Crippen LogP) is 3.83. The van der Waals surface area contributed by atoms with Crippen LogP contribution in [0.1, 0.15) is 11.1 Å². The number of hydrogen-bond acceptors (Lipinski definition) is 7. The first kappa shape index (κ1) is 17.4. The zero-order chi connectivity index (χ0) is 19.6. The second-order valence-corrected chi connectivity index (χ2v) is 6.71. The summed E-state index contributed by atoms with van der Waals surface area (Å²) >= 11 is 0. The van der Waals surface area contributed by atoms with Crippen molar-refractivity contribution < 1.29 is 9.15 Å². The summed E-state index contributed by atoms with van der Waals surface area (Å²) in [6, 6.07) is 15.8. The third kappa shape index (κ3) is 3.32. The average molecular weight is 385 g/mol. The Bertz CT molecular complexity index is 1110. The summed E-state index contributed by atoms with van der Waals surface area (Å²) in [5.41, 5.74) is 8.20. The number of ether oxygens (including phenoxy) is 1. The second kappa shape index (κ2) is 7.37.